The molecule has 0 unspecified atom stereocenters. The van der Waals surface area contributed by atoms with Crippen molar-refractivity contribution in [1.29, 1.82) is 0 Å². The molecule has 2 aromatic heterocycles. The van der Waals surface area contributed by atoms with Gasteiger partial charge in [-0.2, -0.15) is 10.1 Å². The van der Waals surface area contributed by atoms with Crippen LogP contribution in [-0.2, 0) is 4.79 Å². The Kier molecular flexibility index (Phi) is 3.99. The van der Waals surface area contributed by atoms with Gasteiger partial charge in [0.1, 0.15) is 18.1 Å². The summed E-state index contributed by atoms with van der Waals surface area (Å²) in [6.07, 6.45) is 3.76. The van der Waals surface area contributed by atoms with Gasteiger partial charge in [0.25, 0.3) is 5.69 Å². The number of nitro benzene ring substituents is 1. The number of halogens is 1. The minimum Gasteiger partial charge on any atom is -0.469 e. The molecule has 0 fully saturated rings. The van der Waals surface area contributed by atoms with Crippen molar-refractivity contribution in [3.63, 3.8) is 0 Å². The average Bonchev–Trinajstić information content (AvgIpc) is 3.38. The second-order valence-corrected chi connectivity index (χ2v) is 7.36. The Morgan fingerprint density at radius 1 is 1.31 bits per heavy atom. The van der Waals surface area contributed by atoms with E-state index < -0.39 is 11.0 Å². The van der Waals surface area contributed by atoms with Crippen LogP contribution in [0, 0.1) is 10.1 Å². The zero-order valence-electron chi connectivity index (χ0n) is 14.9. The molecule has 146 valence electrons. The van der Waals surface area contributed by atoms with Crippen LogP contribution in [0.4, 0.5) is 11.6 Å². The minimum atomic E-state index is -0.693. The monoisotopic (exact) mass is 411 g/mol. The number of fused-ring (bicyclic) bond motifs is 1. The van der Waals surface area contributed by atoms with Crippen molar-refractivity contribution in [3.05, 3.63) is 80.7 Å². The Bertz CT molecular complexity index is 1170. The third kappa shape index (κ3) is 2.82. The van der Waals surface area contributed by atoms with E-state index in [1.807, 2.05) is 6.07 Å². The highest BCUT2D eigenvalue weighted by Crippen LogP contribution is 2.45. The van der Waals surface area contributed by atoms with Crippen molar-refractivity contribution in [2.75, 3.05) is 5.32 Å². The number of Topliss-reactive ketones (excluding diaryl/α,β-unsaturated/α-hetero) is 1. The quantitative estimate of drug-likeness (QED) is 0.514. The van der Waals surface area contributed by atoms with Crippen LogP contribution in [0.3, 0.4) is 0 Å². The molecule has 2 atom stereocenters. The normalized spacial score (nSPS) is 20.8. The van der Waals surface area contributed by atoms with E-state index >= 15 is 0 Å². The van der Waals surface area contributed by atoms with Crippen LogP contribution in [0.1, 0.15) is 36.1 Å². The zero-order chi connectivity index (χ0) is 20.1. The van der Waals surface area contributed by atoms with Crippen LogP contribution in [-0.4, -0.2) is 25.5 Å². The number of nitrogens with one attached hydrogen (secondary N) is 1. The van der Waals surface area contributed by atoms with Gasteiger partial charge in [0.05, 0.1) is 11.2 Å². The highest BCUT2D eigenvalue weighted by atomic mass is 35.5. The smallest absolute Gasteiger partial charge is 0.269 e. The minimum absolute atomic E-state index is 0.0890. The van der Waals surface area contributed by atoms with E-state index in [1.54, 1.807) is 12.3 Å². The van der Waals surface area contributed by atoms with Crippen molar-refractivity contribution >= 4 is 29.0 Å². The number of ketones is 1. The number of hydrogen-bond acceptors (Lipinski definition) is 7. The van der Waals surface area contributed by atoms with Crippen molar-refractivity contribution < 1.29 is 14.1 Å². The lowest BCUT2D eigenvalue weighted by Crippen LogP contribution is -2.33. The van der Waals surface area contributed by atoms with Crippen LogP contribution in [0.2, 0.25) is 5.02 Å². The lowest BCUT2D eigenvalue weighted by atomic mass is 9.79. The zero-order valence-corrected chi connectivity index (χ0v) is 15.7. The number of carbonyl (C=O) groups excluding carboxylic acids is 1. The SMILES string of the molecule is O=C1C[C@@H](c2ccco2)CC2=C1[C@@H](c1cc([N+](=O)[O-])ccc1Cl)n1ncnc1N2. The van der Waals surface area contributed by atoms with E-state index in [4.69, 9.17) is 16.0 Å². The fourth-order valence-corrected chi connectivity index (χ4v) is 4.24. The summed E-state index contributed by atoms with van der Waals surface area (Å²) in [5.41, 5.74) is 1.53. The Balaban J connectivity index is 1.66. The van der Waals surface area contributed by atoms with Gasteiger partial charge in [-0.1, -0.05) is 11.6 Å². The van der Waals surface area contributed by atoms with Gasteiger partial charge in [0.15, 0.2) is 5.78 Å². The van der Waals surface area contributed by atoms with Crippen molar-refractivity contribution in [3.8, 4) is 0 Å². The standard InChI is InChI=1S/C19H14ClN5O4/c20-13-4-3-11(25(27)28)8-12(13)18-17-14(23-19-21-9-22-24(18)19)6-10(7-15(17)26)16-2-1-5-29-16/h1-5,8-10,18H,6-7H2,(H,21,22,23)/t10-,18+/m0/s1. The van der Waals surface area contributed by atoms with Gasteiger partial charge < -0.3 is 9.73 Å². The van der Waals surface area contributed by atoms with E-state index in [0.717, 1.165) is 5.76 Å². The maximum absolute atomic E-state index is 13.2. The van der Waals surface area contributed by atoms with Crippen LogP contribution >= 0.6 is 11.6 Å². The predicted octanol–water partition coefficient (Wildman–Crippen LogP) is 3.85. The lowest BCUT2D eigenvalue weighted by Gasteiger charge is -2.34. The molecule has 0 radical (unpaired) electrons. The molecule has 1 N–H and O–H groups in total. The molecule has 0 spiro atoms. The number of non-ortho nitro benzene ring substituents is 1. The Hall–Kier alpha value is -3.46. The largest absolute Gasteiger partial charge is 0.469 e. The van der Waals surface area contributed by atoms with Gasteiger partial charge in [-0.05, 0) is 24.6 Å². The van der Waals surface area contributed by atoms with Gasteiger partial charge in [-0.3, -0.25) is 14.9 Å². The van der Waals surface area contributed by atoms with Crippen LogP contribution in [0.25, 0.3) is 0 Å². The highest BCUT2D eigenvalue weighted by molar-refractivity contribution is 6.31. The number of hydrogen-bond donors (Lipinski definition) is 1. The first-order valence-electron chi connectivity index (χ1n) is 8.93. The second kappa shape index (κ2) is 6.56. The van der Waals surface area contributed by atoms with Crippen LogP contribution in [0.5, 0.6) is 0 Å². The first-order chi connectivity index (χ1) is 14.0. The van der Waals surface area contributed by atoms with Crippen molar-refractivity contribution in [2.24, 2.45) is 0 Å². The Labute approximate surface area is 169 Å². The number of benzene rings is 1. The summed E-state index contributed by atoms with van der Waals surface area (Å²) in [5.74, 6) is 1.00. The predicted molar refractivity (Wildman–Crippen MR) is 103 cm³/mol. The van der Waals surface area contributed by atoms with E-state index in [9.17, 15) is 14.9 Å². The summed E-state index contributed by atoms with van der Waals surface area (Å²) in [6, 6.07) is 7.14. The number of nitrogens with zero attached hydrogens (tertiary/aromatic N) is 4. The van der Waals surface area contributed by atoms with E-state index in [-0.39, 0.29) is 23.8 Å². The molecule has 2 aliphatic rings. The van der Waals surface area contributed by atoms with Crippen molar-refractivity contribution in [1.82, 2.24) is 14.8 Å². The Morgan fingerprint density at radius 2 is 2.17 bits per heavy atom. The Morgan fingerprint density at radius 3 is 2.93 bits per heavy atom. The topological polar surface area (TPSA) is 116 Å². The third-order valence-electron chi connectivity index (χ3n) is 5.29. The molecule has 0 bridgehead atoms. The number of nitro groups is 1. The molecule has 1 aliphatic carbocycles. The molecule has 10 heteroatoms. The fraction of sp³-hybridized carbons (Fsp3) is 0.211. The molecule has 5 rings (SSSR count). The van der Waals surface area contributed by atoms with Gasteiger partial charge >= 0.3 is 0 Å². The van der Waals surface area contributed by atoms with E-state index in [2.05, 4.69) is 15.4 Å². The molecule has 1 aromatic carbocycles. The summed E-state index contributed by atoms with van der Waals surface area (Å²) >= 11 is 6.40. The number of anilines is 1. The molecule has 0 saturated carbocycles. The highest BCUT2D eigenvalue weighted by Gasteiger charge is 2.40. The van der Waals surface area contributed by atoms with Crippen molar-refractivity contribution in [2.45, 2.75) is 24.8 Å². The molecule has 3 aromatic rings. The van der Waals surface area contributed by atoms with Gasteiger partial charge in [-0.25, -0.2) is 4.68 Å². The average molecular weight is 412 g/mol. The van der Waals surface area contributed by atoms with Gasteiger partial charge in [0.2, 0.25) is 5.95 Å². The first kappa shape index (κ1) is 17.6. The summed E-state index contributed by atoms with van der Waals surface area (Å²) in [5, 5.41) is 19.0. The third-order valence-corrected chi connectivity index (χ3v) is 5.64. The molecule has 0 saturated heterocycles. The molecular weight excluding hydrogens is 398 g/mol. The fourth-order valence-electron chi connectivity index (χ4n) is 4.02. The summed E-state index contributed by atoms with van der Waals surface area (Å²) in [4.78, 5) is 28.2. The molecule has 29 heavy (non-hydrogen) atoms. The molecule has 3 heterocycles. The van der Waals surface area contributed by atoms with Gasteiger partial charge in [0, 0.05) is 46.3 Å². The van der Waals surface area contributed by atoms with E-state index in [1.165, 1.54) is 29.2 Å². The molecular formula is C19H14ClN5O4. The van der Waals surface area contributed by atoms with E-state index in [0.29, 0.717) is 34.2 Å². The number of carbonyl (C=O) groups is 1. The maximum Gasteiger partial charge on any atom is 0.269 e. The first-order valence-corrected chi connectivity index (χ1v) is 9.30. The molecule has 9 nitrogen and oxygen atoms in total. The number of aromatic nitrogens is 3. The summed E-state index contributed by atoms with van der Waals surface area (Å²) in [7, 11) is 0. The molecule has 1 aliphatic heterocycles. The maximum atomic E-state index is 13.2. The van der Waals surface area contributed by atoms with Crippen LogP contribution in [0.15, 0.2) is 58.6 Å². The summed E-state index contributed by atoms with van der Waals surface area (Å²) in [6.45, 7) is 0. The number of allylic oxidation sites excluding steroid dienone is 2. The van der Waals surface area contributed by atoms with Crippen LogP contribution < -0.4 is 5.32 Å². The summed E-state index contributed by atoms with van der Waals surface area (Å²) < 4.78 is 7.03. The molecule has 0 amide bonds. The second-order valence-electron chi connectivity index (χ2n) is 6.95. The number of furan rings is 1. The van der Waals surface area contributed by atoms with Gasteiger partial charge in [-0.15, -0.1) is 0 Å². The lowest BCUT2D eigenvalue weighted by molar-refractivity contribution is -0.384. The number of rotatable bonds is 3.